The molecule has 1 aromatic carbocycles. The van der Waals surface area contributed by atoms with Crippen molar-refractivity contribution in [2.75, 3.05) is 5.32 Å². The molecule has 2 heterocycles. The molecule has 2 N–H and O–H groups in total. The number of nitriles is 1. The van der Waals surface area contributed by atoms with Gasteiger partial charge in [0.1, 0.15) is 16.8 Å². The van der Waals surface area contributed by atoms with E-state index in [4.69, 9.17) is 4.74 Å². The monoisotopic (exact) mass is 397 g/mol. The highest BCUT2D eigenvalue weighted by Crippen LogP contribution is 2.44. The van der Waals surface area contributed by atoms with Crippen molar-refractivity contribution in [3.63, 3.8) is 0 Å². The average Bonchev–Trinajstić information content (AvgIpc) is 2.91. The number of anilines is 1. The van der Waals surface area contributed by atoms with Crippen LogP contribution in [0.15, 0.2) is 24.3 Å². The second kappa shape index (κ2) is 7.23. The highest BCUT2D eigenvalue weighted by Gasteiger charge is 2.40. The topological polar surface area (TPSA) is 74.1 Å². The number of hydrogen-bond acceptors (Lipinski definition) is 5. The van der Waals surface area contributed by atoms with E-state index < -0.39 is 0 Å². The molecule has 0 unspecified atom stereocenters. The first kappa shape index (κ1) is 20.4. The Bertz CT molecular complexity index is 934. The molecular formula is C22H27N3O2S. The molecule has 1 aliphatic heterocycles. The van der Waals surface area contributed by atoms with Gasteiger partial charge in [0.25, 0.3) is 5.91 Å². The van der Waals surface area contributed by atoms with Crippen molar-refractivity contribution in [3.8, 4) is 11.8 Å². The number of ether oxygens (including phenoxy) is 1. The van der Waals surface area contributed by atoms with Gasteiger partial charge in [0.2, 0.25) is 0 Å². The van der Waals surface area contributed by atoms with E-state index in [1.807, 2.05) is 13.8 Å². The molecule has 0 saturated carbocycles. The number of thiophene rings is 1. The normalized spacial score (nSPS) is 16.9. The van der Waals surface area contributed by atoms with Crippen LogP contribution >= 0.6 is 11.3 Å². The van der Waals surface area contributed by atoms with Crippen molar-refractivity contribution >= 4 is 22.2 Å². The fourth-order valence-corrected chi connectivity index (χ4v) is 5.09. The number of benzene rings is 1. The summed E-state index contributed by atoms with van der Waals surface area (Å²) in [4.78, 5) is 13.9. The molecule has 0 atom stereocenters. The lowest BCUT2D eigenvalue weighted by Crippen LogP contribution is -2.54. The molecule has 148 valence electrons. The van der Waals surface area contributed by atoms with Gasteiger partial charge in [-0.05, 0) is 77.8 Å². The van der Waals surface area contributed by atoms with E-state index in [1.54, 1.807) is 24.3 Å². The Morgan fingerprint density at radius 2 is 1.89 bits per heavy atom. The highest BCUT2D eigenvalue weighted by atomic mass is 32.1. The van der Waals surface area contributed by atoms with Gasteiger partial charge >= 0.3 is 0 Å². The van der Waals surface area contributed by atoms with Gasteiger partial charge in [0.05, 0.1) is 11.7 Å². The minimum Gasteiger partial charge on any atom is -0.491 e. The van der Waals surface area contributed by atoms with Crippen molar-refractivity contribution in [3.05, 3.63) is 45.8 Å². The van der Waals surface area contributed by atoms with Crippen molar-refractivity contribution in [2.45, 2.75) is 65.1 Å². The highest BCUT2D eigenvalue weighted by molar-refractivity contribution is 7.17. The summed E-state index contributed by atoms with van der Waals surface area (Å²) >= 11 is 1.49. The fraction of sp³-hybridized carbons (Fsp3) is 0.455. The standard InChI is InChI=1S/C22H27N3O2S/c1-13(2)27-15-9-7-14(8-10-15)19(26)24-20-17(12-23)16-11-21(3,4)25-22(5,6)18(16)28-20/h7-10,13,25H,11H2,1-6H3,(H,24,26). The molecule has 0 aliphatic carbocycles. The number of rotatable bonds is 4. The van der Waals surface area contributed by atoms with Crippen LogP contribution in [0.1, 0.15) is 67.9 Å². The number of hydrogen-bond donors (Lipinski definition) is 2. The van der Waals surface area contributed by atoms with Crippen molar-refractivity contribution in [1.29, 1.82) is 5.26 Å². The van der Waals surface area contributed by atoms with Crippen LogP contribution in [-0.2, 0) is 12.0 Å². The second-order valence-electron chi connectivity index (χ2n) is 8.68. The quantitative estimate of drug-likeness (QED) is 0.776. The maximum Gasteiger partial charge on any atom is 0.256 e. The predicted molar refractivity (Wildman–Crippen MR) is 113 cm³/mol. The Morgan fingerprint density at radius 1 is 1.25 bits per heavy atom. The summed E-state index contributed by atoms with van der Waals surface area (Å²) < 4.78 is 5.62. The lowest BCUT2D eigenvalue weighted by molar-refractivity contribution is 0.102. The van der Waals surface area contributed by atoms with E-state index in [9.17, 15) is 10.1 Å². The Kier molecular flexibility index (Phi) is 5.26. The van der Waals surface area contributed by atoms with Gasteiger partial charge in [0, 0.05) is 21.5 Å². The molecular weight excluding hydrogens is 370 g/mol. The first-order valence-corrected chi connectivity index (χ1v) is 10.3. The minimum atomic E-state index is -0.258. The zero-order valence-electron chi connectivity index (χ0n) is 17.3. The number of carbonyl (C=O) groups excluding carboxylic acids is 1. The number of nitrogens with zero attached hydrogens (tertiary/aromatic N) is 1. The zero-order chi connectivity index (χ0) is 20.7. The van der Waals surface area contributed by atoms with Crippen LogP contribution in [0.4, 0.5) is 5.00 Å². The van der Waals surface area contributed by atoms with Gasteiger partial charge in [-0.2, -0.15) is 5.26 Å². The zero-order valence-corrected chi connectivity index (χ0v) is 18.1. The molecule has 1 aromatic heterocycles. The van der Waals surface area contributed by atoms with E-state index in [0.717, 1.165) is 22.6 Å². The Morgan fingerprint density at radius 3 is 2.46 bits per heavy atom. The van der Waals surface area contributed by atoms with Crippen LogP contribution in [0.2, 0.25) is 0 Å². The maximum absolute atomic E-state index is 12.7. The summed E-state index contributed by atoms with van der Waals surface area (Å²) in [5.74, 6) is 0.502. The van der Waals surface area contributed by atoms with Gasteiger partial charge < -0.3 is 15.4 Å². The molecule has 0 saturated heterocycles. The summed E-state index contributed by atoms with van der Waals surface area (Å²) in [6.07, 6.45) is 0.832. The number of amides is 1. The first-order chi connectivity index (χ1) is 13.0. The molecule has 3 rings (SSSR count). The van der Waals surface area contributed by atoms with Crippen molar-refractivity contribution in [1.82, 2.24) is 5.32 Å². The molecule has 0 bridgehead atoms. The summed E-state index contributed by atoms with van der Waals surface area (Å²) in [6.45, 7) is 12.4. The van der Waals surface area contributed by atoms with Gasteiger partial charge in [-0.15, -0.1) is 11.3 Å². The molecule has 28 heavy (non-hydrogen) atoms. The summed E-state index contributed by atoms with van der Waals surface area (Å²) in [5, 5.41) is 17.0. The predicted octanol–water partition coefficient (Wildman–Crippen LogP) is 4.82. The van der Waals surface area contributed by atoms with Crippen LogP contribution in [-0.4, -0.2) is 17.6 Å². The molecule has 1 amide bonds. The lowest BCUT2D eigenvalue weighted by Gasteiger charge is -2.42. The second-order valence-corrected chi connectivity index (χ2v) is 9.70. The van der Waals surface area contributed by atoms with E-state index in [2.05, 4.69) is 44.4 Å². The molecule has 0 radical (unpaired) electrons. The largest absolute Gasteiger partial charge is 0.491 e. The third-order valence-electron chi connectivity index (χ3n) is 4.67. The van der Waals surface area contributed by atoms with Gasteiger partial charge in [-0.25, -0.2) is 0 Å². The lowest BCUT2D eigenvalue weighted by atomic mass is 9.81. The Balaban J connectivity index is 1.88. The van der Waals surface area contributed by atoms with E-state index in [-0.39, 0.29) is 23.1 Å². The van der Waals surface area contributed by atoms with Crippen LogP contribution in [0, 0.1) is 11.3 Å². The minimum absolute atomic E-state index is 0.0801. The van der Waals surface area contributed by atoms with E-state index in [0.29, 0.717) is 16.1 Å². The molecule has 0 spiro atoms. The van der Waals surface area contributed by atoms with E-state index in [1.165, 1.54) is 11.3 Å². The fourth-order valence-electron chi connectivity index (χ4n) is 3.87. The van der Waals surface area contributed by atoms with Gasteiger partial charge in [-0.3, -0.25) is 4.79 Å². The molecule has 2 aromatic rings. The number of fused-ring (bicyclic) bond motifs is 1. The molecule has 0 fully saturated rings. The third-order valence-corrected chi connectivity index (χ3v) is 6.14. The average molecular weight is 398 g/mol. The molecule has 1 aliphatic rings. The Labute approximate surface area is 170 Å². The van der Waals surface area contributed by atoms with Crippen LogP contribution < -0.4 is 15.4 Å². The van der Waals surface area contributed by atoms with Crippen LogP contribution in [0.25, 0.3) is 0 Å². The maximum atomic E-state index is 12.7. The smallest absolute Gasteiger partial charge is 0.256 e. The van der Waals surface area contributed by atoms with Crippen LogP contribution in [0.5, 0.6) is 5.75 Å². The SMILES string of the molecule is CC(C)Oc1ccc(C(=O)Nc2sc3c(c2C#N)CC(C)(C)NC3(C)C)cc1. The van der Waals surface area contributed by atoms with Gasteiger partial charge in [0.15, 0.2) is 0 Å². The van der Waals surface area contributed by atoms with Gasteiger partial charge in [-0.1, -0.05) is 0 Å². The summed E-state index contributed by atoms with van der Waals surface area (Å²) in [7, 11) is 0. The van der Waals surface area contributed by atoms with Crippen molar-refractivity contribution in [2.24, 2.45) is 0 Å². The molecule has 6 heteroatoms. The van der Waals surface area contributed by atoms with E-state index >= 15 is 0 Å². The summed E-state index contributed by atoms with van der Waals surface area (Å²) in [5.41, 5.74) is 1.78. The van der Waals surface area contributed by atoms with Crippen LogP contribution in [0.3, 0.4) is 0 Å². The first-order valence-electron chi connectivity index (χ1n) is 9.46. The van der Waals surface area contributed by atoms with Crippen molar-refractivity contribution < 1.29 is 9.53 Å². The number of nitrogens with one attached hydrogen (secondary N) is 2. The summed E-state index contributed by atoms with van der Waals surface area (Å²) in [6, 6.07) is 9.36. The Hall–Kier alpha value is -2.36. The third kappa shape index (κ3) is 4.06. The number of carbonyl (C=O) groups is 1. The molecule has 5 nitrogen and oxygen atoms in total.